The normalized spacial score (nSPS) is 10.9. The van der Waals surface area contributed by atoms with Crippen molar-refractivity contribution in [2.75, 3.05) is 5.32 Å². The highest BCUT2D eigenvalue weighted by atomic mass is 32.1. The molecule has 0 aliphatic carbocycles. The molecule has 0 aliphatic rings. The zero-order valence-corrected chi connectivity index (χ0v) is 9.68. The Labute approximate surface area is 92.2 Å². The molecule has 0 atom stereocenters. The van der Waals surface area contributed by atoms with E-state index in [1.54, 1.807) is 32.2 Å². The van der Waals surface area contributed by atoms with Gasteiger partial charge in [0.25, 0.3) is 0 Å². The molecule has 0 aromatic carbocycles. The number of ether oxygens (including phenoxy) is 1. The van der Waals surface area contributed by atoms with Gasteiger partial charge in [0.15, 0.2) is 6.29 Å². The summed E-state index contributed by atoms with van der Waals surface area (Å²) >= 11 is 1.29. The molecular formula is C10H13NO3S. The zero-order valence-electron chi connectivity index (χ0n) is 8.87. The Bertz CT molecular complexity index is 365. The minimum absolute atomic E-state index is 0.464. The summed E-state index contributed by atoms with van der Waals surface area (Å²) in [7, 11) is 0. The number of hydrogen-bond acceptors (Lipinski definition) is 4. The molecule has 1 heterocycles. The summed E-state index contributed by atoms with van der Waals surface area (Å²) in [4.78, 5) is 21.9. The fourth-order valence-electron chi connectivity index (χ4n) is 0.910. The Hall–Kier alpha value is -1.36. The van der Waals surface area contributed by atoms with Crippen molar-refractivity contribution in [3.8, 4) is 0 Å². The van der Waals surface area contributed by atoms with E-state index >= 15 is 0 Å². The third-order valence-corrected chi connectivity index (χ3v) is 2.28. The van der Waals surface area contributed by atoms with Crippen molar-refractivity contribution in [2.45, 2.75) is 26.4 Å². The number of carbonyl (C=O) groups excluding carboxylic acids is 2. The Balaban J connectivity index is 2.63. The van der Waals surface area contributed by atoms with Gasteiger partial charge in [-0.15, -0.1) is 11.3 Å². The molecule has 1 amide bonds. The van der Waals surface area contributed by atoms with Gasteiger partial charge in [-0.2, -0.15) is 0 Å². The predicted octanol–water partition coefficient (Wildman–Crippen LogP) is 2.91. The van der Waals surface area contributed by atoms with Crippen LogP contribution in [0.3, 0.4) is 0 Å². The van der Waals surface area contributed by atoms with Crippen LogP contribution in [0.25, 0.3) is 0 Å². The van der Waals surface area contributed by atoms with E-state index in [0.29, 0.717) is 16.9 Å². The fraction of sp³-hybridized carbons (Fsp3) is 0.400. The topological polar surface area (TPSA) is 55.4 Å². The van der Waals surface area contributed by atoms with Crippen molar-refractivity contribution < 1.29 is 14.3 Å². The molecule has 1 aromatic heterocycles. The van der Waals surface area contributed by atoms with E-state index in [1.807, 2.05) is 0 Å². The molecule has 0 spiro atoms. The van der Waals surface area contributed by atoms with E-state index in [-0.39, 0.29) is 0 Å². The summed E-state index contributed by atoms with van der Waals surface area (Å²) in [5.41, 5.74) is -0.0752. The first kappa shape index (κ1) is 11.7. The second-order valence-electron chi connectivity index (χ2n) is 3.95. The van der Waals surface area contributed by atoms with Crippen molar-refractivity contribution in [1.29, 1.82) is 0 Å². The number of hydrogen-bond donors (Lipinski definition) is 1. The van der Waals surface area contributed by atoms with Gasteiger partial charge in [-0.25, -0.2) is 4.79 Å². The maximum atomic E-state index is 11.4. The Kier molecular flexibility index (Phi) is 3.47. The van der Waals surface area contributed by atoms with Gasteiger partial charge in [-0.05, 0) is 32.2 Å². The summed E-state index contributed by atoms with van der Waals surface area (Å²) in [6, 6.07) is 1.64. The Morgan fingerprint density at radius 1 is 1.53 bits per heavy atom. The van der Waals surface area contributed by atoms with Crippen LogP contribution < -0.4 is 5.32 Å². The van der Waals surface area contributed by atoms with E-state index in [0.717, 1.165) is 0 Å². The lowest BCUT2D eigenvalue weighted by Crippen LogP contribution is -2.27. The van der Waals surface area contributed by atoms with Crippen LogP contribution in [0.15, 0.2) is 11.4 Å². The summed E-state index contributed by atoms with van der Waals surface area (Å²) in [5, 5.41) is 4.77. The van der Waals surface area contributed by atoms with Crippen LogP contribution in [0, 0.1) is 0 Å². The minimum Gasteiger partial charge on any atom is -0.444 e. The van der Waals surface area contributed by atoms with Crippen molar-refractivity contribution in [3.63, 3.8) is 0 Å². The number of aldehydes is 1. The summed E-state index contributed by atoms with van der Waals surface area (Å²) in [6.07, 6.45) is 0.150. The Morgan fingerprint density at radius 3 is 2.73 bits per heavy atom. The number of anilines is 1. The average Bonchev–Trinajstić information content (AvgIpc) is 2.48. The fourth-order valence-corrected chi connectivity index (χ4v) is 1.66. The number of nitrogens with one attached hydrogen (secondary N) is 1. The largest absolute Gasteiger partial charge is 0.444 e. The van der Waals surface area contributed by atoms with Gasteiger partial charge in [0.2, 0.25) is 0 Å². The van der Waals surface area contributed by atoms with Crippen LogP contribution >= 0.6 is 11.3 Å². The van der Waals surface area contributed by atoms with E-state index in [9.17, 15) is 9.59 Å². The highest BCUT2D eigenvalue weighted by Gasteiger charge is 2.17. The third kappa shape index (κ3) is 3.71. The SMILES string of the molecule is CC(C)(C)OC(=O)Nc1sccc1C=O. The van der Waals surface area contributed by atoms with Crippen molar-refractivity contribution in [1.82, 2.24) is 0 Å². The highest BCUT2D eigenvalue weighted by Crippen LogP contribution is 2.22. The first-order valence-electron chi connectivity index (χ1n) is 4.45. The molecule has 1 N–H and O–H groups in total. The summed E-state index contributed by atoms with van der Waals surface area (Å²) < 4.78 is 5.05. The molecular weight excluding hydrogens is 214 g/mol. The van der Waals surface area contributed by atoms with Crippen molar-refractivity contribution >= 4 is 28.7 Å². The van der Waals surface area contributed by atoms with Crippen molar-refractivity contribution in [2.24, 2.45) is 0 Å². The maximum absolute atomic E-state index is 11.4. The lowest BCUT2D eigenvalue weighted by molar-refractivity contribution is 0.0636. The summed E-state index contributed by atoms with van der Waals surface area (Å²) in [6.45, 7) is 5.34. The molecule has 5 heteroatoms. The van der Waals surface area contributed by atoms with Crippen molar-refractivity contribution in [3.05, 3.63) is 17.0 Å². The molecule has 1 aromatic rings. The molecule has 82 valence electrons. The second kappa shape index (κ2) is 4.44. The third-order valence-electron chi connectivity index (χ3n) is 1.44. The molecule has 0 bridgehead atoms. The number of rotatable bonds is 2. The van der Waals surface area contributed by atoms with E-state index < -0.39 is 11.7 Å². The smallest absolute Gasteiger partial charge is 0.412 e. The van der Waals surface area contributed by atoms with Crippen LogP contribution in [-0.4, -0.2) is 18.0 Å². The standard InChI is InChI=1S/C10H13NO3S/c1-10(2,3)14-9(13)11-8-7(6-12)4-5-15-8/h4-6H,1-3H3,(H,11,13). The minimum atomic E-state index is -0.548. The van der Waals surface area contributed by atoms with Gasteiger partial charge in [-0.1, -0.05) is 0 Å². The summed E-state index contributed by atoms with van der Waals surface area (Å²) in [5.74, 6) is 0. The van der Waals surface area contributed by atoms with Gasteiger partial charge >= 0.3 is 6.09 Å². The molecule has 0 radical (unpaired) electrons. The molecule has 0 fully saturated rings. The van der Waals surface area contributed by atoms with E-state index in [1.165, 1.54) is 11.3 Å². The second-order valence-corrected chi connectivity index (χ2v) is 4.87. The average molecular weight is 227 g/mol. The van der Waals surface area contributed by atoms with E-state index in [4.69, 9.17) is 4.74 Å². The predicted molar refractivity (Wildman–Crippen MR) is 59.6 cm³/mol. The molecule has 1 rings (SSSR count). The lowest BCUT2D eigenvalue weighted by Gasteiger charge is -2.19. The van der Waals surface area contributed by atoms with Crippen LogP contribution in [0.2, 0.25) is 0 Å². The number of carbonyl (C=O) groups is 2. The zero-order chi connectivity index (χ0) is 11.5. The molecule has 0 saturated heterocycles. The Morgan fingerprint density at radius 2 is 2.20 bits per heavy atom. The number of thiophene rings is 1. The van der Waals surface area contributed by atoms with E-state index in [2.05, 4.69) is 5.32 Å². The van der Waals surface area contributed by atoms with Crippen LogP contribution in [0.5, 0.6) is 0 Å². The van der Waals surface area contributed by atoms with Crippen LogP contribution in [0.1, 0.15) is 31.1 Å². The molecule has 0 unspecified atom stereocenters. The molecule has 0 saturated carbocycles. The molecule has 4 nitrogen and oxygen atoms in total. The quantitative estimate of drug-likeness (QED) is 0.790. The van der Waals surface area contributed by atoms with Gasteiger partial charge < -0.3 is 4.74 Å². The highest BCUT2D eigenvalue weighted by molar-refractivity contribution is 7.14. The van der Waals surface area contributed by atoms with Gasteiger partial charge in [-0.3, -0.25) is 10.1 Å². The van der Waals surface area contributed by atoms with Crippen LogP contribution in [-0.2, 0) is 4.74 Å². The first-order valence-corrected chi connectivity index (χ1v) is 5.33. The van der Waals surface area contributed by atoms with Gasteiger partial charge in [0, 0.05) is 5.56 Å². The van der Waals surface area contributed by atoms with Gasteiger partial charge in [0.05, 0.1) is 0 Å². The van der Waals surface area contributed by atoms with Gasteiger partial charge in [0.1, 0.15) is 10.6 Å². The maximum Gasteiger partial charge on any atom is 0.412 e. The monoisotopic (exact) mass is 227 g/mol. The van der Waals surface area contributed by atoms with Crippen LogP contribution in [0.4, 0.5) is 9.80 Å². The number of amides is 1. The molecule has 0 aliphatic heterocycles. The molecule has 15 heavy (non-hydrogen) atoms. The lowest BCUT2D eigenvalue weighted by atomic mass is 10.2. The first-order chi connectivity index (χ1) is 6.92.